The van der Waals surface area contributed by atoms with Gasteiger partial charge in [0, 0.05) is 18.1 Å². The number of hydrogen-bond acceptors (Lipinski definition) is 5. The lowest BCUT2D eigenvalue weighted by molar-refractivity contribution is 0.0285. The first-order valence-electron chi connectivity index (χ1n) is 6.81. The van der Waals surface area contributed by atoms with Crippen LogP contribution in [0.4, 0.5) is 0 Å². The summed E-state index contributed by atoms with van der Waals surface area (Å²) >= 11 is 1.24. The molecule has 2 aromatic rings. The van der Waals surface area contributed by atoms with E-state index in [0.717, 1.165) is 10.4 Å². The molecule has 0 bridgehead atoms. The van der Waals surface area contributed by atoms with E-state index in [2.05, 4.69) is 0 Å². The molecule has 2 heterocycles. The Morgan fingerprint density at radius 1 is 1.05 bits per heavy atom. The Bertz CT molecular complexity index is 685. The summed E-state index contributed by atoms with van der Waals surface area (Å²) in [5.74, 6) is 0. The molecule has 1 fully saturated rings. The topological polar surface area (TPSA) is 52.6 Å². The molecule has 0 N–H and O–H groups in total. The Morgan fingerprint density at radius 3 is 2.48 bits per heavy atom. The van der Waals surface area contributed by atoms with Gasteiger partial charge in [-0.3, -0.25) is 4.18 Å². The lowest BCUT2D eigenvalue weighted by Gasteiger charge is -2.21. The molecule has 1 aromatic heterocycles. The van der Waals surface area contributed by atoms with Gasteiger partial charge in [0.25, 0.3) is 0 Å². The van der Waals surface area contributed by atoms with E-state index in [4.69, 9.17) is 8.92 Å². The van der Waals surface area contributed by atoms with E-state index in [1.54, 1.807) is 6.07 Å². The molecular formula is C15H16O4S2. The Balaban J connectivity index is 1.78. The molecule has 1 saturated heterocycles. The summed E-state index contributed by atoms with van der Waals surface area (Å²) in [7, 11) is -3.68. The van der Waals surface area contributed by atoms with Crippen molar-refractivity contribution in [3.63, 3.8) is 0 Å². The molecule has 1 aromatic carbocycles. The average molecular weight is 324 g/mol. The van der Waals surface area contributed by atoms with Crippen LogP contribution < -0.4 is 0 Å². The predicted molar refractivity (Wildman–Crippen MR) is 81.9 cm³/mol. The van der Waals surface area contributed by atoms with E-state index in [1.165, 1.54) is 11.3 Å². The second kappa shape index (κ2) is 6.27. The maximum Gasteiger partial charge on any atom is 0.306 e. The minimum atomic E-state index is -3.68. The molecule has 0 aliphatic carbocycles. The third-order valence-corrected chi connectivity index (χ3v) is 6.26. The predicted octanol–water partition coefficient (Wildman–Crippen LogP) is 3.30. The number of ether oxygens (including phenoxy) is 1. The van der Waals surface area contributed by atoms with Gasteiger partial charge in [-0.25, -0.2) is 0 Å². The lowest BCUT2D eigenvalue weighted by atomic mass is 10.2. The van der Waals surface area contributed by atoms with Gasteiger partial charge < -0.3 is 4.74 Å². The number of thiophene rings is 1. The minimum Gasteiger partial charge on any atom is -0.381 e. The highest BCUT2D eigenvalue weighted by Crippen LogP contribution is 2.32. The first kappa shape index (κ1) is 14.7. The molecular weight excluding hydrogens is 308 g/mol. The maximum absolute atomic E-state index is 12.3. The van der Waals surface area contributed by atoms with E-state index in [0.29, 0.717) is 26.1 Å². The van der Waals surface area contributed by atoms with Gasteiger partial charge >= 0.3 is 10.1 Å². The zero-order valence-electron chi connectivity index (χ0n) is 11.4. The molecule has 112 valence electrons. The number of rotatable bonds is 4. The molecule has 6 heteroatoms. The van der Waals surface area contributed by atoms with Gasteiger partial charge in [-0.05, 0) is 30.5 Å². The van der Waals surface area contributed by atoms with E-state index < -0.39 is 10.1 Å². The number of hydrogen-bond donors (Lipinski definition) is 0. The summed E-state index contributed by atoms with van der Waals surface area (Å²) in [4.78, 5) is 0.921. The molecule has 0 amide bonds. The van der Waals surface area contributed by atoms with E-state index in [9.17, 15) is 8.42 Å². The SMILES string of the molecule is O=S(=O)(OC1CCOCC1)c1ccc(-c2ccccc2)s1. The number of benzene rings is 1. The van der Waals surface area contributed by atoms with Gasteiger partial charge in [0.1, 0.15) is 4.21 Å². The van der Waals surface area contributed by atoms with Crippen LogP contribution in [0.5, 0.6) is 0 Å². The fraction of sp³-hybridized carbons (Fsp3) is 0.333. The summed E-state index contributed by atoms with van der Waals surface area (Å²) in [5.41, 5.74) is 1.01. The van der Waals surface area contributed by atoms with E-state index >= 15 is 0 Å². The van der Waals surface area contributed by atoms with Crippen LogP contribution >= 0.6 is 11.3 Å². The van der Waals surface area contributed by atoms with Crippen molar-refractivity contribution in [2.24, 2.45) is 0 Å². The standard InChI is InChI=1S/C15H16O4S2/c16-21(17,19-13-8-10-18-11-9-13)15-7-6-14(20-15)12-4-2-1-3-5-12/h1-7,13H,8-11H2. The molecule has 1 aliphatic rings. The zero-order chi connectivity index (χ0) is 14.7. The van der Waals surface area contributed by atoms with E-state index in [1.807, 2.05) is 36.4 Å². The van der Waals surface area contributed by atoms with Crippen molar-refractivity contribution in [3.05, 3.63) is 42.5 Å². The van der Waals surface area contributed by atoms with Gasteiger partial charge in [0.2, 0.25) is 0 Å². The van der Waals surface area contributed by atoms with Crippen molar-refractivity contribution in [1.29, 1.82) is 0 Å². The third kappa shape index (κ3) is 3.52. The van der Waals surface area contributed by atoms with Gasteiger partial charge in [0.05, 0.1) is 6.10 Å². The molecule has 0 radical (unpaired) electrons. The summed E-state index contributed by atoms with van der Waals surface area (Å²) in [5, 5.41) is 0. The van der Waals surface area contributed by atoms with Crippen molar-refractivity contribution in [2.45, 2.75) is 23.2 Å². The van der Waals surface area contributed by atoms with E-state index in [-0.39, 0.29) is 10.3 Å². The van der Waals surface area contributed by atoms with Gasteiger partial charge in [-0.2, -0.15) is 8.42 Å². The second-order valence-corrected chi connectivity index (χ2v) is 7.73. The highest BCUT2D eigenvalue weighted by Gasteiger charge is 2.25. The first-order valence-corrected chi connectivity index (χ1v) is 9.04. The average Bonchev–Trinajstić information content (AvgIpc) is 2.99. The van der Waals surface area contributed by atoms with Crippen LogP contribution in [0.2, 0.25) is 0 Å². The highest BCUT2D eigenvalue weighted by molar-refractivity contribution is 7.89. The maximum atomic E-state index is 12.3. The second-order valence-electron chi connectivity index (χ2n) is 4.85. The summed E-state index contributed by atoms with van der Waals surface area (Å²) in [6, 6.07) is 13.2. The Labute approximate surface area is 128 Å². The fourth-order valence-corrected chi connectivity index (χ4v) is 4.63. The molecule has 0 unspecified atom stereocenters. The van der Waals surface area contributed by atoms with Crippen molar-refractivity contribution in [3.8, 4) is 10.4 Å². The van der Waals surface area contributed by atoms with Gasteiger partial charge in [-0.15, -0.1) is 11.3 Å². The minimum absolute atomic E-state index is 0.257. The highest BCUT2D eigenvalue weighted by atomic mass is 32.3. The van der Waals surface area contributed by atoms with Crippen LogP contribution in [-0.2, 0) is 19.0 Å². The summed E-state index contributed by atoms with van der Waals surface area (Å²) < 4.78 is 35.4. The van der Waals surface area contributed by atoms with Crippen LogP contribution in [-0.4, -0.2) is 27.7 Å². The molecule has 1 aliphatic heterocycles. The molecule has 0 atom stereocenters. The fourth-order valence-electron chi connectivity index (χ4n) is 2.21. The van der Waals surface area contributed by atoms with Crippen LogP contribution in [0.25, 0.3) is 10.4 Å². The van der Waals surface area contributed by atoms with Crippen LogP contribution in [0.3, 0.4) is 0 Å². The zero-order valence-corrected chi connectivity index (χ0v) is 13.0. The van der Waals surface area contributed by atoms with Gasteiger partial charge in [-0.1, -0.05) is 30.3 Å². The Kier molecular flexibility index (Phi) is 4.40. The van der Waals surface area contributed by atoms with Crippen molar-refractivity contribution < 1.29 is 17.3 Å². The summed E-state index contributed by atoms with van der Waals surface area (Å²) in [6.45, 7) is 1.11. The smallest absolute Gasteiger partial charge is 0.306 e. The Hall–Kier alpha value is -1.21. The quantitative estimate of drug-likeness (QED) is 0.810. The molecule has 3 rings (SSSR count). The van der Waals surface area contributed by atoms with Crippen molar-refractivity contribution >= 4 is 21.5 Å². The third-order valence-electron chi connectivity index (χ3n) is 3.32. The van der Waals surface area contributed by atoms with Crippen molar-refractivity contribution in [1.82, 2.24) is 0 Å². The van der Waals surface area contributed by atoms with Crippen LogP contribution in [0.1, 0.15) is 12.8 Å². The van der Waals surface area contributed by atoms with Gasteiger partial charge in [0.15, 0.2) is 0 Å². The van der Waals surface area contributed by atoms with Crippen LogP contribution in [0, 0.1) is 0 Å². The van der Waals surface area contributed by atoms with Crippen LogP contribution in [0.15, 0.2) is 46.7 Å². The molecule has 0 saturated carbocycles. The largest absolute Gasteiger partial charge is 0.381 e. The monoisotopic (exact) mass is 324 g/mol. The normalized spacial score (nSPS) is 17.0. The first-order chi connectivity index (χ1) is 10.1. The van der Waals surface area contributed by atoms with Crippen molar-refractivity contribution in [2.75, 3.05) is 13.2 Å². The molecule has 4 nitrogen and oxygen atoms in total. The molecule has 0 spiro atoms. The summed E-state index contributed by atoms with van der Waals surface area (Å²) in [6.07, 6.45) is 0.970. The molecule has 21 heavy (non-hydrogen) atoms. The Morgan fingerprint density at radius 2 is 1.76 bits per heavy atom. The lowest BCUT2D eigenvalue weighted by Crippen LogP contribution is -2.25.